The molecule has 154 valence electrons. The number of para-hydroxylation sites is 2. The second-order valence-corrected chi connectivity index (χ2v) is 7.40. The molecule has 0 fully saturated rings. The van der Waals surface area contributed by atoms with Crippen LogP contribution in [0.25, 0.3) is 21.8 Å². The molecular formula is C23H17N3O4S. The first-order valence-corrected chi connectivity index (χ1v) is 10.3. The van der Waals surface area contributed by atoms with Crippen LogP contribution in [0.3, 0.4) is 0 Å². The van der Waals surface area contributed by atoms with E-state index in [0.29, 0.717) is 5.69 Å². The van der Waals surface area contributed by atoms with Gasteiger partial charge in [0.2, 0.25) is 0 Å². The molecule has 0 aliphatic carbocycles. The Kier molecular flexibility index (Phi) is 6.00. The van der Waals surface area contributed by atoms with E-state index in [4.69, 9.17) is 4.74 Å². The van der Waals surface area contributed by atoms with Crippen molar-refractivity contribution >= 4 is 28.6 Å². The van der Waals surface area contributed by atoms with Crippen molar-refractivity contribution in [2.45, 2.75) is 0 Å². The Morgan fingerprint density at radius 1 is 0.968 bits per heavy atom. The zero-order valence-electron chi connectivity index (χ0n) is 16.2. The van der Waals surface area contributed by atoms with Gasteiger partial charge in [-0.3, -0.25) is 14.9 Å². The van der Waals surface area contributed by atoms with Gasteiger partial charge in [-0.05, 0) is 18.2 Å². The Bertz CT molecular complexity index is 1210. The fourth-order valence-corrected chi connectivity index (χ4v) is 3.75. The molecule has 4 rings (SSSR count). The Hall–Kier alpha value is -4.04. The van der Waals surface area contributed by atoms with Crippen LogP contribution in [0.2, 0.25) is 0 Å². The van der Waals surface area contributed by atoms with E-state index in [2.05, 4.69) is 10.3 Å². The minimum absolute atomic E-state index is 0.0516. The SMILES string of the molecule is O=C(COc1ccccc1[N+](=O)[O-])Nc1ccc(-c2csc(-c3ccccc3)n2)cc1. The molecule has 0 aliphatic rings. The summed E-state index contributed by atoms with van der Waals surface area (Å²) in [5.74, 6) is -0.360. The maximum Gasteiger partial charge on any atom is 0.310 e. The van der Waals surface area contributed by atoms with Crippen molar-refractivity contribution in [1.29, 1.82) is 0 Å². The molecule has 1 amide bonds. The largest absolute Gasteiger partial charge is 0.477 e. The van der Waals surface area contributed by atoms with Gasteiger partial charge < -0.3 is 10.1 Å². The highest BCUT2D eigenvalue weighted by Crippen LogP contribution is 2.29. The van der Waals surface area contributed by atoms with Gasteiger partial charge >= 0.3 is 5.69 Å². The second kappa shape index (κ2) is 9.19. The highest BCUT2D eigenvalue weighted by molar-refractivity contribution is 7.13. The van der Waals surface area contributed by atoms with Gasteiger partial charge in [0.05, 0.1) is 10.6 Å². The topological polar surface area (TPSA) is 94.4 Å². The molecule has 1 aromatic heterocycles. The van der Waals surface area contributed by atoms with Crippen molar-refractivity contribution in [2.24, 2.45) is 0 Å². The van der Waals surface area contributed by atoms with Gasteiger partial charge in [0, 0.05) is 28.3 Å². The molecule has 0 saturated carbocycles. The van der Waals surface area contributed by atoms with Crippen LogP contribution in [0.1, 0.15) is 0 Å². The predicted molar refractivity (Wildman–Crippen MR) is 120 cm³/mol. The van der Waals surface area contributed by atoms with E-state index in [1.54, 1.807) is 29.5 Å². The third-order valence-corrected chi connectivity index (χ3v) is 5.30. The number of nitro benzene ring substituents is 1. The summed E-state index contributed by atoms with van der Waals surface area (Å²) in [5.41, 5.74) is 3.28. The lowest BCUT2D eigenvalue weighted by Crippen LogP contribution is -2.20. The number of hydrogen-bond acceptors (Lipinski definition) is 6. The summed E-state index contributed by atoms with van der Waals surface area (Å²) in [4.78, 5) is 27.3. The number of carbonyl (C=O) groups excluding carboxylic acids is 1. The van der Waals surface area contributed by atoms with Crippen molar-refractivity contribution in [3.8, 4) is 27.6 Å². The quantitative estimate of drug-likeness (QED) is 0.312. The zero-order chi connectivity index (χ0) is 21.6. The molecule has 7 nitrogen and oxygen atoms in total. The Morgan fingerprint density at radius 3 is 2.42 bits per heavy atom. The van der Waals surface area contributed by atoms with Gasteiger partial charge in [-0.15, -0.1) is 11.3 Å². The number of ether oxygens (including phenoxy) is 1. The molecule has 0 unspecified atom stereocenters. The molecule has 1 heterocycles. The summed E-state index contributed by atoms with van der Waals surface area (Å²) in [6.07, 6.45) is 0. The van der Waals surface area contributed by atoms with Crippen molar-refractivity contribution in [2.75, 3.05) is 11.9 Å². The first-order valence-electron chi connectivity index (χ1n) is 9.37. The lowest BCUT2D eigenvalue weighted by molar-refractivity contribution is -0.385. The fraction of sp³-hybridized carbons (Fsp3) is 0.0435. The van der Waals surface area contributed by atoms with Crippen LogP contribution in [0.5, 0.6) is 5.75 Å². The van der Waals surface area contributed by atoms with E-state index in [1.807, 2.05) is 47.8 Å². The summed E-state index contributed by atoms with van der Waals surface area (Å²) in [6, 6.07) is 23.2. The first kappa shape index (κ1) is 20.2. The lowest BCUT2D eigenvalue weighted by atomic mass is 10.1. The Balaban J connectivity index is 1.37. The van der Waals surface area contributed by atoms with Crippen LogP contribution < -0.4 is 10.1 Å². The van der Waals surface area contributed by atoms with Crippen LogP contribution >= 0.6 is 11.3 Å². The molecule has 4 aromatic rings. The summed E-state index contributed by atoms with van der Waals surface area (Å²) in [6.45, 7) is -0.334. The summed E-state index contributed by atoms with van der Waals surface area (Å²) < 4.78 is 5.31. The molecular weight excluding hydrogens is 414 g/mol. The smallest absolute Gasteiger partial charge is 0.310 e. The predicted octanol–water partition coefficient (Wildman–Crippen LogP) is 5.40. The van der Waals surface area contributed by atoms with Crippen molar-refractivity contribution < 1.29 is 14.5 Å². The molecule has 0 radical (unpaired) electrons. The maximum absolute atomic E-state index is 12.2. The Morgan fingerprint density at radius 2 is 1.68 bits per heavy atom. The summed E-state index contributed by atoms with van der Waals surface area (Å²) in [5, 5.41) is 16.7. The van der Waals surface area contributed by atoms with Gasteiger partial charge in [-0.1, -0.05) is 54.6 Å². The molecule has 1 N–H and O–H groups in total. The van der Waals surface area contributed by atoms with Gasteiger partial charge in [0.15, 0.2) is 12.4 Å². The third kappa shape index (κ3) is 4.93. The number of nitrogens with zero attached hydrogens (tertiary/aromatic N) is 2. The monoisotopic (exact) mass is 431 g/mol. The molecule has 0 bridgehead atoms. The number of amides is 1. The number of hydrogen-bond donors (Lipinski definition) is 1. The lowest BCUT2D eigenvalue weighted by Gasteiger charge is -2.08. The van der Waals surface area contributed by atoms with Crippen molar-refractivity contribution in [3.05, 3.63) is 94.4 Å². The van der Waals surface area contributed by atoms with Crippen LogP contribution in [-0.2, 0) is 4.79 Å². The van der Waals surface area contributed by atoms with Gasteiger partial charge in [0.25, 0.3) is 5.91 Å². The summed E-state index contributed by atoms with van der Waals surface area (Å²) >= 11 is 1.57. The molecule has 3 aromatic carbocycles. The van der Waals surface area contributed by atoms with E-state index in [-0.39, 0.29) is 18.0 Å². The van der Waals surface area contributed by atoms with Crippen LogP contribution in [-0.4, -0.2) is 22.4 Å². The number of benzene rings is 3. The number of carbonyl (C=O) groups is 1. The number of aromatic nitrogens is 1. The van der Waals surface area contributed by atoms with Gasteiger partial charge in [-0.25, -0.2) is 4.98 Å². The van der Waals surface area contributed by atoms with E-state index < -0.39 is 10.8 Å². The average Bonchev–Trinajstić information content (AvgIpc) is 3.29. The zero-order valence-corrected chi connectivity index (χ0v) is 17.0. The Labute approximate surface area is 182 Å². The molecule has 0 aliphatic heterocycles. The number of rotatable bonds is 7. The number of anilines is 1. The molecule has 0 spiro atoms. The molecule has 8 heteroatoms. The standard InChI is InChI=1S/C23H17N3O4S/c27-22(14-30-21-9-5-4-8-20(21)26(28)29)24-18-12-10-16(11-13-18)19-15-31-23(25-19)17-6-2-1-3-7-17/h1-13,15H,14H2,(H,24,27). The number of thiazole rings is 1. The number of nitrogens with one attached hydrogen (secondary N) is 1. The molecule has 31 heavy (non-hydrogen) atoms. The highest BCUT2D eigenvalue weighted by atomic mass is 32.1. The van der Waals surface area contributed by atoms with E-state index in [0.717, 1.165) is 21.8 Å². The molecule has 0 saturated heterocycles. The fourth-order valence-electron chi connectivity index (χ4n) is 2.91. The maximum atomic E-state index is 12.2. The van der Waals surface area contributed by atoms with E-state index in [9.17, 15) is 14.9 Å². The van der Waals surface area contributed by atoms with Crippen LogP contribution in [0, 0.1) is 10.1 Å². The van der Waals surface area contributed by atoms with Crippen LogP contribution in [0.4, 0.5) is 11.4 Å². The van der Waals surface area contributed by atoms with E-state index >= 15 is 0 Å². The number of nitro groups is 1. The normalized spacial score (nSPS) is 10.5. The average molecular weight is 431 g/mol. The van der Waals surface area contributed by atoms with E-state index in [1.165, 1.54) is 18.2 Å². The summed E-state index contributed by atoms with van der Waals surface area (Å²) in [7, 11) is 0. The minimum Gasteiger partial charge on any atom is -0.477 e. The molecule has 0 atom stereocenters. The van der Waals surface area contributed by atoms with Gasteiger partial charge in [0.1, 0.15) is 5.01 Å². The van der Waals surface area contributed by atoms with Crippen molar-refractivity contribution in [3.63, 3.8) is 0 Å². The third-order valence-electron chi connectivity index (χ3n) is 4.41. The van der Waals surface area contributed by atoms with Crippen LogP contribution in [0.15, 0.2) is 84.2 Å². The van der Waals surface area contributed by atoms with Crippen molar-refractivity contribution in [1.82, 2.24) is 4.98 Å². The van der Waals surface area contributed by atoms with Gasteiger partial charge in [-0.2, -0.15) is 0 Å². The second-order valence-electron chi connectivity index (χ2n) is 6.54. The minimum atomic E-state index is -0.548. The highest BCUT2D eigenvalue weighted by Gasteiger charge is 2.15. The first-order chi connectivity index (χ1) is 15.1.